The van der Waals surface area contributed by atoms with Crippen LogP contribution in [0.1, 0.15) is 12.5 Å². The molecular weight excluding hydrogens is 164 g/mol. The fraction of sp³-hybridized carbons (Fsp3) is 0.400. The van der Waals surface area contributed by atoms with Crippen LogP contribution in [0.2, 0.25) is 0 Å². The zero-order valence-corrected chi connectivity index (χ0v) is 8.03. The first-order chi connectivity index (χ1) is 6.24. The van der Waals surface area contributed by atoms with Gasteiger partial charge in [-0.1, -0.05) is 19.1 Å². The lowest BCUT2D eigenvalue weighted by atomic mass is 10.1. The van der Waals surface area contributed by atoms with Gasteiger partial charge in [0.15, 0.2) is 0 Å². The van der Waals surface area contributed by atoms with Crippen molar-refractivity contribution in [3.05, 3.63) is 29.8 Å². The van der Waals surface area contributed by atoms with E-state index in [0.717, 1.165) is 17.8 Å². The lowest BCUT2D eigenvalue weighted by Gasteiger charge is -1.96. The number of hydrogen-bond donors (Lipinski definition) is 3. The number of hydrogen-bond acceptors (Lipinski definition) is 3. The van der Waals surface area contributed by atoms with Crippen molar-refractivity contribution in [1.29, 1.82) is 0 Å². The van der Waals surface area contributed by atoms with E-state index >= 15 is 0 Å². The van der Waals surface area contributed by atoms with Crippen LogP contribution in [0, 0.1) is 0 Å². The van der Waals surface area contributed by atoms with Gasteiger partial charge in [0, 0.05) is 12.3 Å². The Morgan fingerprint density at radius 3 is 2.08 bits per heavy atom. The van der Waals surface area contributed by atoms with E-state index in [2.05, 4.69) is 0 Å². The first-order valence-electron chi connectivity index (χ1n) is 4.40. The molecular formula is C10H18N2O. The molecule has 0 aliphatic heterocycles. The van der Waals surface area contributed by atoms with Crippen molar-refractivity contribution in [3.63, 3.8) is 0 Å². The van der Waals surface area contributed by atoms with Gasteiger partial charge in [0.2, 0.25) is 0 Å². The molecule has 0 aliphatic rings. The highest BCUT2D eigenvalue weighted by Gasteiger charge is 1.88. The molecule has 0 saturated carbocycles. The smallest absolute Gasteiger partial charge is 0.0471 e. The summed E-state index contributed by atoms with van der Waals surface area (Å²) in [5.74, 6) is 0. The highest BCUT2D eigenvalue weighted by atomic mass is 16.2. The van der Waals surface area contributed by atoms with E-state index in [1.165, 1.54) is 0 Å². The summed E-state index contributed by atoms with van der Waals surface area (Å²) in [5, 5.41) is 8.56. The molecule has 1 aromatic carbocycles. The summed E-state index contributed by atoms with van der Waals surface area (Å²) in [7, 11) is 0. The first kappa shape index (κ1) is 11.9. The van der Waals surface area contributed by atoms with Crippen molar-refractivity contribution in [1.82, 2.24) is 0 Å². The second kappa shape index (κ2) is 7.58. The van der Waals surface area contributed by atoms with Crippen molar-refractivity contribution in [3.8, 4) is 0 Å². The van der Waals surface area contributed by atoms with E-state index in [9.17, 15) is 0 Å². The topological polar surface area (TPSA) is 72.3 Å². The molecule has 0 atom stereocenters. The van der Waals surface area contributed by atoms with E-state index in [-0.39, 0.29) is 6.61 Å². The third-order valence-corrected chi connectivity index (χ3v) is 1.38. The van der Waals surface area contributed by atoms with Gasteiger partial charge in [-0.05, 0) is 30.7 Å². The predicted molar refractivity (Wildman–Crippen MR) is 56.4 cm³/mol. The number of aliphatic hydroxyl groups excluding tert-OH is 1. The molecule has 0 aliphatic carbocycles. The van der Waals surface area contributed by atoms with Crippen molar-refractivity contribution in [2.24, 2.45) is 5.73 Å². The van der Waals surface area contributed by atoms with Gasteiger partial charge in [-0.25, -0.2) is 0 Å². The average molecular weight is 182 g/mol. The zero-order chi connectivity index (χ0) is 10.1. The van der Waals surface area contributed by atoms with Gasteiger partial charge in [0.25, 0.3) is 0 Å². The Bertz CT molecular complexity index is 209. The fourth-order valence-corrected chi connectivity index (χ4v) is 0.813. The molecule has 0 aromatic heterocycles. The lowest BCUT2D eigenvalue weighted by molar-refractivity contribution is 0.299. The monoisotopic (exact) mass is 182 g/mol. The number of aliphatic hydroxyl groups is 1. The molecule has 3 nitrogen and oxygen atoms in total. The van der Waals surface area contributed by atoms with Crippen molar-refractivity contribution in [2.45, 2.75) is 13.3 Å². The number of nitrogen functional groups attached to an aromatic ring is 1. The summed E-state index contributed by atoms with van der Waals surface area (Å²) >= 11 is 0. The van der Waals surface area contributed by atoms with E-state index in [0.29, 0.717) is 6.42 Å². The van der Waals surface area contributed by atoms with Crippen LogP contribution in [0.25, 0.3) is 0 Å². The molecule has 0 unspecified atom stereocenters. The fourth-order valence-electron chi connectivity index (χ4n) is 0.813. The van der Waals surface area contributed by atoms with E-state index in [4.69, 9.17) is 16.6 Å². The highest BCUT2D eigenvalue weighted by Crippen LogP contribution is 2.04. The summed E-state index contributed by atoms with van der Waals surface area (Å²) in [6.45, 7) is 2.85. The van der Waals surface area contributed by atoms with E-state index in [1.54, 1.807) is 0 Å². The molecule has 3 heteroatoms. The number of benzene rings is 1. The normalized spacial score (nSPS) is 8.85. The standard InChI is InChI=1S/C8H11NO.C2H7N/c9-8-3-1-7(2-4-8)5-6-10;1-2-3/h1-4,10H,5-6,9H2;2-3H2,1H3. The molecule has 74 valence electrons. The molecule has 0 spiro atoms. The predicted octanol–water partition coefficient (Wildman–Crippen LogP) is 0.769. The molecule has 1 aromatic rings. The summed E-state index contributed by atoms with van der Waals surface area (Å²) in [4.78, 5) is 0. The third kappa shape index (κ3) is 6.13. The van der Waals surface area contributed by atoms with Gasteiger partial charge in [-0.15, -0.1) is 0 Å². The minimum atomic E-state index is 0.198. The molecule has 5 N–H and O–H groups in total. The van der Waals surface area contributed by atoms with Crippen LogP contribution in [0.3, 0.4) is 0 Å². The minimum Gasteiger partial charge on any atom is -0.399 e. The Hall–Kier alpha value is -1.06. The Labute approximate surface area is 79.4 Å². The van der Waals surface area contributed by atoms with Gasteiger partial charge in [-0.2, -0.15) is 0 Å². The molecule has 0 bridgehead atoms. The van der Waals surface area contributed by atoms with Crippen molar-refractivity contribution < 1.29 is 5.11 Å². The third-order valence-electron chi connectivity index (χ3n) is 1.38. The average Bonchev–Trinajstić information content (AvgIpc) is 2.11. The van der Waals surface area contributed by atoms with Crippen molar-refractivity contribution in [2.75, 3.05) is 18.9 Å². The quantitative estimate of drug-likeness (QED) is 0.591. The van der Waals surface area contributed by atoms with Crippen molar-refractivity contribution >= 4 is 5.69 Å². The lowest BCUT2D eigenvalue weighted by Crippen LogP contribution is -1.90. The van der Waals surface area contributed by atoms with Crippen LogP contribution >= 0.6 is 0 Å². The zero-order valence-electron chi connectivity index (χ0n) is 8.03. The minimum absolute atomic E-state index is 0.198. The number of anilines is 1. The number of nitrogens with two attached hydrogens (primary N) is 2. The molecule has 1 rings (SSSR count). The van der Waals surface area contributed by atoms with Crippen LogP contribution in [0.5, 0.6) is 0 Å². The molecule has 0 fully saturated rings. The molecule has 0 radical (unpaired) electrons. The Balaban J connectivity index is 0.000000424. The summed E-state index contributed by atoms with van der Waals surface area (Å²) in [6.07, 6.45) is 0.709. The largest absolute Gasteiger partial charge is 0.399 e. The summed E-state index contributed by atoms with van der Waals surface area (Å²) in [5.41, 5.74) is 12.2. The van der Waals surface area contributed by atoms with Gasteiger partial charge >= 0.3 is 0 Å². The van der Waals surface area contributed by atoms with Crippen LogP contribution in [0.4, 0.5) is 5.69 Å². The maximum atomic E-state index is 8.56. The van der Waals surface area contributed by atoms with E-state index in [1.807, 2.05) is 31.2 Å². The SMILES string of the molecule is CCN.Nc1ccc(CCO)cc1. The maximum absolute atomic E-state index is 8.56. The van der Waals surface area contributed by atoms with Crippen LogP contribution in [0.15, 0.2) is 24.3 Å². The van der Waals surface area contributed by atoms with Gasteiger partial charge < -0.3 is 16.6 Å². The second-order valence-electron chi connectivity index (χ2n) is 2.62. The maximum Gasteiger partial charge on any atom is 0.0471 e. The summed E-state index contributed by atoms with van der Waals surface area (Å²) < 4.78 is 0. The van der Waals surface area contributed by atoms with Gasteiger partial charge in [-0.3, -0.25) is 0 Å². The Kier molecular flexibility index (Phi) is 6.96. The molecule has 0 amide bonds. The van der Waals surface area contributed by atoms with Gasteiger partial charge in [0.1, 0.15) is 0 Å². The number of rotatable bonds is 2. The van der Waals surface area contributed by atoms with Crippen LogP contribution < -0.4 is 11.5 Å². The molecule has 13 heavy (non-hydrogen) atoms. The Morgan fingerprint density at radius 1 is 1.23 bits per heavy atom. The highest BCUT2D eigenvalue weighted by molar-refractivity contribution is 5.39. The Morgan fingerprint density at radius 2 is 1.69 bits per heavy atom. The molecule has 0 heterocycles. The summed E-state index contributed by atoms with van der Waals surface area (Å²) in [6, 6.07) is 7.52. The van der Waals surface area contributed by atoms with Crippen LogP contribution in [-0.4, -0.2) is 18.3 Å². The van der Waals surface area contributed by atoms with Crippen LogP contribution in [-0.2, 0) is 6.42 Å². The van der Waals surface area contributed by atoms with E-state index < -0.39 is 0 Å². The first-order valence-corrected chi connectivity index (χ1v) is 4.40. The van der Waals surface area contributed by atoms with Gasteiger partial charge in [0.05, 0.1) is 0 Å². The second-order valence-corrected chi connectivity index (χ2v) is 2.62. The molecule has 0 saturated heterocycles.